The zero-order valence-corrected chi connectivity index (χ0v) is 10.8. The van der Waals surface area contributed by atoms with Crippen LogP contribution in [0.2, 0.25) is 0 Å². The maximum Gasteiger partial charge on any atom is 0.258 e. The zero-order valence-electron chi connectivity index (χ0n) is 10.8. The molecular formula is C15H18FNO2. The molecule has 3 rings (SSSR count). The Bertz CT molecular complexity index is 477. The summed E-state index contributed by atoms with van der Waals surface area (Å²) in [5, 5.41) is 3.01. The summed E-state index contributed by atoms with van der Waals surface area (Å²) >= 11 is 0. The summed E-state index contributed by atoms with van der Waals surface area (Å²) in [6.07, 6.45) is 4.88. The van der Waals surface area contributed by atoms with Crippen LogP contribution in [0.4, 0.5) is 4.39 Å². The second-order valence-corrected chi connectivity index (χ2v) is 5.57. The fourth-order valence-electron chi connectivity index (χ4n) is 3.38. The van der Waals surface area contributed by atoms with Crippen LogP contribution in [0.1, 0.15) is 25.7 Å². The third kappa shape index (κ3) is 2.72. The molecule has 2 aliphatic rings. The van der Waals surface area contributed by atoms with Crippen molar-refractivity contribution >= 4 is 5.91 Å². The molecule has 1 aromatic carbocycles. The van der Waals surface area contributed by atoms with Crippen molar-refractivity contribution in [3.63, 3.8) is 0 Å². The molecule has 102 valence electrons. The van der Waals surface area contributed by atoms with Crippen LogP contribution in [0, 0.1) is 17.7 Å². The zero-order chi connectivity index (χ0) is 13.2. The lowest BCUT2D eigenvalue weighted by Crippen LogP contribution is -2.40. The lowest BCUT2D eigenvalue weighted by Gasteiger charge is -2.22. The third-order valence-corrected chi connectivity index (χ3v) is 4.28. The second-order valence-electron chi connectivity index (χ2n) is 5.57. The Kier molecular flexibility index (Phi) is 3.40. The highest BCUT2D eigenvalue weighted by Gasteiger charge is 2.40. The van der Waals surface area contributed by atoms with Gasteiger partial charge < -0.3 is 10.1 Å². The SMILES string of the molecule is O=C(COc1ccccc1F)N[C@H]1C[C@H]2CC[C@@H]1C2. The smallest absolute Gasteiger partial charge is 0.258 e. The van der Waals surface area contributed by atoms with Crippen molar-refractivity contribution < 1.29 is 13.9 Å². The molecule has 1 aromatic rings. The first kappa shape index (κ1) is 12.5. The summed E-state index contributed by atoms with van der Waals surface area (Å²) in [4.78, 5) is 11.8. The Morgan fingerprint density at radius 3 is 2.84 bits per heavy atom. The number of carbonyl (C=O) groups excluding carboxylic acids is 1. The Labute approximate surface area is 112 Å². The molecule has 3 atom stereocenters. The molecule has 0 heterocycles. The number of hydrogen-bond donors (Lipinski definition) is 1. The van der Waals surface area contributed by atoms with Gasteiger partial charge in [-0.2, -0.15) is 0 Å². The van der Waals surface area contributed by atoms with Gasteiger partial charge in [0.05, 0.1) is 0 Å². The highest BCUT2D eigenvalue weighted by atomic mass is 19.1. The topological polar surface area (TPSA) is 38.3 Å². The Balaban J connectivity index is 1.48. The van der Waals surface area contributed by atoms with Gasteiger partial charge in [0.1, 0.15) is 0 Å². The molecule has 1 amide bonds. The van der Waals surface area contributed by atoms with Gasteiger partial charge in [-0.3, -0.25) is 4.79 Å². The minimum absolute atomic E-state index is 0.116. The number of benzene rings is 1. The summed E-state index contributed by atoms with van der Waals surface area (Å²) < 4.78 is 18.5. The van der Waals surface area contributed by atoms with E-state index in [1.807, 2.05) is 0 Å². The van der Waals surface area contributed by atoms with Crippen LogP contribution in [0.3, 0.4) is 0 Å². The fourth-order valence-corrected chi connectivity index (χ4v) is 3.38. The van der Waals surface area contributed by atoms with E-state index in [9.17, 15) is 9.18 Å². The van der Waals surface area contributed by atoms with Crippen molar-refractivity contribution in [3.05, 3.63) is 30.1 Å². The first-order valence-corrected chi connectivity index (χ1v) is 6.89. The second kappa shape index (κ2) is 5.19. The molecule has 0 spiro atoms. The molecule has 2 aliphatic carbocycles. The van der Waals surface area contributed by atoms with E-state index < -0.39 is 5.82 Å². The van der Waals surface area contributed by atoms with Crippen molar-refractivity contribution in [1.82, 2.24) is 5.32 Å². The molecular weight excluding hydrogens is 245 g/mol. The normalized spacial score (nSPS) is 28.4. The summed E-state index contributed by atoms with van der Waals surface area (Å²) in [6.45, 7) is -0.116. The molecule has 3 nitrogen and oxygen atoms in total. The number of nitrogens with one attached hydrogen (secondary N) is 1. The number of halogens is 1. The van der Waals surface area contributed by atoms with Gasteiger partial charge >= 0.3 is 0 Å². The molecule has 2 bridgehead atoms. The lowest BCUT2D eigenvalue weighted by molar-refractivity contribution is -0.124. The van der Waals surface area contributed by atoms with Gasteiger partial charge in [0.2, 0.25) is 0 Å². The van der Waals surface area contributed by atoms with Crippen LogP contribution in [-0.4, -0.2) is 18.6 Å². The molecule has 19 heavy (non-hydrogen) atoms. The molecule has 0 aromatic heterocycles. The number of hydrogen-bond acceptors (Lipinski definition) is 2. The number of amides is 1. The number of para-hydroxylation sites is 1. The highest BCUT2D eigenvalue weighted by molar-refractivity contribution is 5.78. The van der Waals surface area contributed by atoms with Crippen LogP contribution in [-0.2, 0) is 4.79 Å². The largest absolute Gasteiger partial charge is 0.481 e. The van der Waals surface area contributed by atoms with Gasteiger partial charge in [-0.05, 0) is 43.2 Å². The Hall–Kier alpha value is -1.58. The maximum atomic E-state index is 13.3. The van der Waals surface area contributed by atoms with Crippen LogP contribution in [0.25, 0.3) is 0 Å². The van der Waals surface area contributed by atoms with E-state index in [-0.39, 0.29) is 18.3 Å². The summed E-state index contributed by atoms with van der Waals surface area (Å²) in [5.41, 5.74) is 0. The van der Waals surface area contributed by atoms with Crippen LogP contribution in [0.5, 0.6) is 5.75 Å². The Morgan fingerprint density at radius 1 is 1.32 bits per heavy atom. The van der Waals surface area contributed by atoms with E-state index in [0.29, 0.717) is 12.0 Å². The van der Waals surface area contributed by atoms with Gasteiger partial charge in [0.25, 0.3) is 5.91 Å². The standard InChI is InChI=1S/C15H18FNO2/c16-12-3-1-2-4-14(12)19-9-15(18)17-13-8-10-5-6-11(13)7-10/h1-4,10-11,13H,5-9H2,(H,17,18)/t10-,11+,13-/m0/s1. The van der Waals surface area contributed by atoms with E-state index in [4.69, 9.17) is 4.74 Å². The summed E-state index contributed by atoms with van der Waals surface area (Å²) in [5.74, 6) is 0.979. The number of ether oxygens (including phenoxy) is 1. The molecule has 0 unspecified atom stereocenters. The van der Waals surface area contributed by atoms with Gasteiger partial charge in [0, 0.05) is 6.04 Å². The quantitative estimate of drug-likeness (QED) is 0.906. The first-order chi connectivity index (χ1) is 9.22. The van der Waals surface area contributed by atoms with E-state index in [0.717, 1.165) is 12.3 Å². The van der Waals surface area contributed by atoms with Crippen molar-refractivity contribution in [2.75, 3.05) is 6.61 Å². The monoisotopic (exact) mass is 263 g/mol. The van der Waals surface area contributed by atoms with Crippen LogP contribution >= 0.6 is 0 Å². The molecule has 0 aliphatic heterocycles. The van der Waals surface area contributed by atoms with E-state index in [1.165, 1.54) is 31.4 Å². The van der Waals surface area contributed by atoms with Crippen LogP contribution < -0.4 is 10.1 Å². The molecule has 0 saturated heterocycles. The Morgan fingerprint density at radius 2 is 2.16 bits per heavy atom. The summed E-state index contributed by atoms with van der Waals surface area (Å²) in [6, 6.07) is 6.43. The van der Waals surface area contributed by atoms with Crippen molar-refractivity contribution in [3.8, 4) is 5.75 Å². The van der Waals surface area contributed by atoms with E-state index in [1.54, 1.807) is 12.1 Å². The van der Waals surface area contributed by atoms with Gasteiger partial charge in [-0.25, -0.2) is 4.39 Å². The van der Waals surface area contributed by atoms with E-state index in [2.05, 4.69) is 5.32 Å². The molecule has 4 heteroatoms. The molecule has 2 saturated carbocycles. The molecule has 0 radical (unpaired) electrons. The predicted molar refractivity (Wildman–Crippen MR) is 69.3 cm³/mol. The van der Waals surface area contributed by atoms with Gasteiger partial charge in [0.15, 0.2) is 18.2 Å². The molecule has 2 fully saturated rings. The highest BCUT2D eigenvalue weighted by Crippen LogP contribution is 2.44. The van der Waals surface area contributed by atoms with Crippen molar-refractivity contribution in [1.29, 1.82) is 0 Å². The number of fused-ring (bicyclic) bond motifs is 2. The maximum absolute atomic E-state index is 13.3. The van der Waals surface area contributed by atoms with E-state index >= 15 is 0 Å². The summed E-state index contributed by atoms with van der Waals surface area (Å²) in [7, 11) is 0. The first-order valence-electron chi connectivity index (χ1n) is 6.89. The average molecular weight is 263 g/mol. The third-order valence-electron chi connectivity index (χ3n) is 4.28. The average Bonchev–Trinajstić information content (AvgIpc) is 3.00. The lowest BCUT2D eigenvalue weighted by atomic mass is 9.95. The fraction of sp³-hybridized carbons (Fsp3) is 0.533. The molecule has 1 N–H and O–H groups in total. The number of rotatable bonds is 4. The number of carbonyl (C=O) groups is 1. The van der Waals surface area contributed by atoms with Crippen LogP contribution in [0.15, 0.2) is 24.3 Å². The van der Waals surface area contributed by atoms with Gasteiger partial charge in [-0.1, -0.05) is 18.6 Å². The minimum atomic E-state index is -0.435. The predicted octanol–water partition coefficient (Wildman–Crippen LogP) is 2.51. The van der Waals surface area contributed by atoms with Gasteiger partial charge in [-0.15, -0.1) is 0 Å². The minimum Gasteiger partial charge on any atom is -0.481 e. The van der Waals surface area contributed by atoms with Crippen molar-refractivity contribution in [2.45, 2.75) is 31.7 Å². The van der Waals surface area contributed by atoms with Crippen molar-refractivity contribution in [2.24, 2.45) is 11.8 Å².